The molecule has 1 atom stereocenters. The summed E-state index contributed by atoms with van der Waals surface area (Å²) in [5.74, 6) is 0. The summed E-state index contributed by atoms with van der Waals surface area (Å²) in [6, 6.07) is 3.71. The summed E-state index contributed by atoms with van der Waals surface area (Å²) in [5.41, 5.74) is 1.23. The third-order valence-electron chi connectivity index (χ3n) is 2.09. The van der Waals surface area contributed by atoms with Crippen molar-refractivity contribution in [3.63, 3.8) is 0 Å². The third kappa shape index (κ3) is 3.56. The SMILES string of the molecule is CCCC(O)CNc1cnccc1C#N. The average molecular weight is 205 g/mol. The van der Waals surface area contributed by atoms with Crippen LogP contribution in [0.5, 0.6) is 0 Å². The first-order valence-corrected chi connectivity index (χ1v) is 5.04. The van der Waals surface area contributed by atoms with Crippen molar-refractivity contribution in [2.45, 2.75) is 25.9 Å². The van der Waals surface area contributed by atoms with Gasteiger partial charge in [-0.15, -0.1) is 0 Å². The minimum absolute atomic E-state index is 0.373. The van der Waals surface area contributed by atoms with E-state index in [1.807, 2.05) is 6.92 Å². The summed E-state index contributed by atoms with van der Waals surface area (Å²) >= 11 is 0. The van der Waals surface area contributed by atoms with Crippen LogP contribution in [0.4, 0.5) is 5.69 Å². The molecule has 1 aromatic rings. The monoisotopic (exact) mass is 205 g/mol. The second kappa shape index (κ2) is 5.99. The molecule has 0 spiro atoms. The second-order valence-corrected chi connectivity index (χ2v) is 3.36. The molecule has 0 aliphatic heterocycles. The highest BCUT2D eigenvalue weighted by atomic mass is 16.3. The van der Waals surface area contributed by atoms with Gasteiger partial charge in [-0.05, 0) is 12.5 Å². The molecule has 0 bridgehead atoms. The zero-order valence-corrected chi connectivity index (χ0v) is 8.77. The summed E-state index contributed by atoms with van der Waals surface area (Å²) in [6.45, 7) is 2.47. The van der Waals surface area contributed by atoms with Gasteiger partial charge < -0.3 is 10.4 Å². The molecule has 0 radical (unpaired) electrons. The van der Waals surface area contributed by atoms with Gasteiger partial charge in [0.25, 0.3) is 0 Å². The number of nitriles is 1. The van der Waals surface area contributed by atoms with Crippen LogP contribution >= 0.6 is 0 Å². The molecule has 2 N–H and O–H groups in total. The van der Waals surface area contributed by atoms with Crippen LogP contribution in [0.15, 0.2) is 18.5 Å². The molecule has 1 rings (SSSR count). The van der Waals surface area contributed by atoms with Gasteiger partial charge in [-0.3, -0.25) is 4.98 Å². The lowest BCUT2D eigenvalue weighted by Gasteiger charge is -2.12. The predicted octanol–water partition coefficient (Wildman–Crippen LogP) is 1.53. The Morgan fingerprint density at radius 1 is 1.67 bits per heavy atom. The van der Waals surface area contributed by atoms with Crippen LogP contribution in [-0.2, 0) is 0 Å². The summed E-state index contributed by atoms with van der Waals surface area (Å²) < 4.78 is 0. The zero-order chi connectivity index (χ0) is 11.1. The molecular weight excluding hydrogens is 190 g/mol. The molecule has 1 heterocycles. The standard InChI is InChI=1S/C11H15N3O/c1-2-3-10(15)7-14-11-8-13-5-4-9(11)6-12/h4-5,8,10,14-15H,2-3,7H2,1H3. The van der Waals surface area contributed by atoms with Crippen LogP contribution in [-0.4, -0.2) is 22.7 Å². The first-order chi connectivity index (χ1) is 7.27. The van der Waals surface area contributed by atoms with E-state index in [1.165, 1.54) is 0 Å². The van der Waals surface area contributed by atoms with Gasteiger partial charge in [-0.1, -0.05) is 13.3 Å². The van der Waals surface area contributed by atoms with E-state index in [0.29, 0.717) is 17.8 Å². The van der Waals surface area contributed by atoms with Gasteiger partial charge in [-0.25, -0.2) is 0 Å². The number of nitrogens with zero attached hydrogens (tertiary/aromatic N) is 2. The van der Waals surface area contributed by atoms with E-state index >= 15 is 0 Å². The molecule has 1 aromatic heterocycles. The van der Waals surface area contributed by atoms with Gasteiger partial charge in [0.15, 0.2) is 0 Å². The smallest absolute Gasteiger partial charge is 0.101 e. The fourth-order valence-electron chi connectivity index (χ4n) is 1.30. The van der Waals surface area contributed by atoms with Gasteiger partial charge in [-0.2, -0.15) is 5.26 Å². The van der Waals surface area contributed by atoms with Gasteiger partial charge in [0.1, 0.15) is 6.07 Å². The van der Waals surface area contributed by atoms with Gasteiger partial charge >= 0.3 is 0 Å². The Balaban J connectivity index is 2.54. The van der Waals surface area contributed by atoms with Crippen LogP contribution in [0.3, 0.4) is 0 Å². The molecule has 4 heteroatoms. The first-order valence-electron chi connectivity index (χ1n) is 5.04. The fraction of sp³-hybridized carbons (Fsp3) is 0.455. The van der Waals surface area contributed by atoms with E-state index in [0.717, 1.165) is 12.8 Å². The third-order valence-corrected chi connectivity index (χ3v) is 2.09. The van der Waals surface area contributed by atoms with Crippen molar-refractivity contribution in [1.82, 2.24) is 4.98 Å². The minimum Gasteiger partial charge on any atom is -0.391 e. The summed E-state index contributed by atoms with van der Waals surface area (Å²) in [6.07, 6.45) is 4.50. The molecule has 0 saturated carbocycles. The minimum atomic E-state index is -0.373. The largest absolute Gasteiger partial charge is 0.391 e. The van der Waals surface area contributed by atoms with Crippen LogP contribution in [0.25, 0.3) is 0 Å². The topological polar surface area (TPSA) is 68.9 Å². The number of nitrogens with one attached hydrogen (secondary N) is 1. The molecular formula is C11H15N3O. The summed E-state index contributed by atoms with van der Waals surface area (Å²) in [7, 11) is 0. The van der Waals surface area contributed by atoms with E-state index in [2.05, 4.69) is 16.4 Å². The van der Waals surface area contributed by atoms with Crippen molar-refractivity contribution in [3.8, 4) is 6.07 Å². The van der Waals surface area contributed by atoms with Crippen molar-refractivity contribution in [2.75, 3.05) is 11.9 Å². The van der Waals surface area contributed by atoms with E-state index in [1.54, 1.807) is 18.5 Å². The van der Waals surface area contributed by atoms with Crippen molar-refractivity contribution in [3.05, 3.63) is 24.0 Å². The van der Waals surface area contributed by atoms with Crippen molar-refractivity contribution >= 4 is 5.69 Å². The maximum Gasteiger partial charge on any atom is 0.101 e. The Kier molecular flexibility index (Phi) is 4.58. The Morgan fingerprint density at radius 2 is 2.47 bits per heavy atom. The number of aromatic nitrogens is 1. The highest BCUT2D eigenvalue weighted by Gasteiger charge is 2.04. The highest BCUT2D eigenvalue weighted by molar-refractivity contribution is 5.55. The van der Waals surface area contributed by atoms with Crippen LogP contribution in [0.2, 0.25) is 0 Å². The number of rotatable bonds is 5. The van der Waals surface area contributed by atoms with Crippen LogP contribution in [0.1, 0.15) is 25.3 Å². The number of aliphatic hydroxyl groups is 1. The highest BCUT2D eigenvalue weighted by Crippen LogP contribution is 2.11. The van der Waals surface area contributed by atoms with Gasteiger partial charge in [0.05, 0.1) is 23.6 Å². The van der Waals surface area contributed by atoms with E-state index < -0.39 is 0 Å². The number of hydrogen-bond acceptors (Lipinski definition) is 4. The lowest BCUT2D eigenvalue weighted by Crippen LogP contribution is -2.19. The maximum atomic E-state index is 9.51. The summed E-state index contributed by atoms with van der Waals surface area (Å²) in [4.78, 5) is 3.92. The maximum absolute atomic E-state index is 9.51. The second-order valence-electron chi connectivity index (χ2n) is 3.36. The normalized spacial score (nSPS) is 11.8. The Morgan fingerprint density at radius 3 is 3.13 bits per heavy atom. The molecule has 0 saturated heterocycles. The van der Waals surface area contributed by atoms with Crippen LogP contribution < -0.4 is 5.32 Å². The van der Waals surface area contributed by atoms with Crippen LogP contribution in [0, 0.1) is 11.3 Å². The molecule has 4 nitrogen and oxygen atoms in total. The Labute approximate surface area is 89.6 Å². The Bertz CT molecular complexity index is 346. The lowest BCUT2D eigenvalue weighted by molar-refractivity contribution is 0.176. The molecule has 1 unspecified atom stereocenters. The van der Waals surface area contributed by atoms with Crippen molar-refractivity contribution in [1.29, 1.82) is 5.26 Å². The molecule has 0 amide bonds. The molecule has 0 aliphatic carbocycles. The number of pyridine rings is 1. The molecule has 0 aliphatic rings. The molecule has 0 fully saturated rings. The Hall–Kier alpha value is -1.60. The first kappa shape index (κ1) is 11.5. The molecule has 15 heavy (non-hydrogen) atoms. The fourth-order valence-corrected chi connectivity index (χ4v) is 1.30. The molecule has 80 valence electrons. The number of aliphatic hydroxyl groups excluding tert-OH is 1. The quantitative estimate of drug-likeness (QED) is 0.764. The van der Waals surface area contributed by atoms with E-state index in [4.69, 9.17) is 5.26 Å². The summed E-state index contributed by atoms with van der Waals surface area (Å²) in [5, 5.41) is 21.3. The predicted molar refractivity (Wildman–Crippen MR) is 58.4 cm³/mol. The van der Waals surface area contributed by atoms with E-state index in [-0.39, 0.29) is 6.10 Å². The van der Waals surface area contributed by atoms with Crippen molar-refractivity contribution in [2.24, 2.45) is 0 Å². The lowest BCUT2D eigenvalue weighted by atomic mass is 10.2. The van der Waals surface area contributed by atoms with Gasteiger partial charge in [0.2, 0.25) is 0 Å². The van der Waals surface area contributed by atoms with Crippen molar-refractivity contribution < 1.29 is 5.11 Å². The van der Waals surface area contributed by atoms with Gasteiger partial charge in [0, 0.05) is 12.7 Å². The van der Waals surface area contributed by atoms with E-state index in [9.17, 15) is 5.11 Å². The zero-order valence-electron chi connectivity index (χ0n) is 8.77. The number of anilines is 1. The average Bonchev–Trinajstić information content (AvgIpc) is 2.27. The number of hydrogen-bond donors (Lipinski definition) is 2. The molecule has 0 aromatic carbocycles.